The summed E-state index contributed by atoms with van der Waals surface area (Å²) in [5.41, 5.74) is 0.225. The van der Waals surface area contributed by atoms with Crippen LogP contribution in [-0.4, -0.2) is 41.9 Å². The molecule has 2 rings (SSSR count). The number of methoxy groups -OCH3 is 1. The van der Waals surface area contributed by atoms with E-state index in [1.54, 1.807) is 18.7 Å². The Bertz CT molecular complexity index is 522. The minimum absolute atomic E-state index is 0.146. The highest BCUT2D eigenvalue weighted by Crippen LogP contribution is 2.31. The van der Waals surface area contributed by atoms with E-state index in [1.165, 1.54) is 7.11 Å². The molecule has 0 bridgehead atoms. The Kier molecular flexibility index (Phi) is 4.04. The number of hydrogen-bond donors (Lipinski definition) is 0. The van der Waals surface area contributed by atoms with E-state index in [0.717, 1.165) is 11.8 Å². The van der Waals surface area contributed by atoms with E-state index in [9.17, 15) is 9.59 Å². The van der Waals surface area contributed by atoms with E-state index in [4.69, 9.17) is 4.74 Å². The monoisotopic (exact) mass is 273 g/mol. The van der Waals surface area contributed by atoms with Gasteiger partial charge in [0.2, 0.25) is 0 Å². The molecule has 0 aliphatic carbocycles. The molecule has 1 aromatic carbocycles. The molecule has 2 atom stereocenters. The Morgan fingerprint density at radius 2 is 1.90 bits per heavy atom. The largest absolute Gasteiger partial charge is 0.369 e. The van der Waals surface area contributed by atoms with Crippen molar-refractivity contribution in [2.75, 3.05) is 7.11 Å². The SMILES string of the molecule is CO[C@@H]1C(=O)N(C(C)(C)C=O)[C@@H]1/C=C/c1ccccc1. The summed E-state index contributed by atoms with van der Waals surface area (Å²) in [6.07, 6.45) is 4.14. The molecule has 0 aromatic heterocycles. The van der Waals surface area contributed by atoms with Crippen LogP contribution in [0.25, 0.3) is 6.08 Å². The summed E-state index contributed by atoms with van der Waals surface area (Å²) in [7, 11) is 1.51. The van der Waals surface area contributed by atoms with Crippen molar-refractivity contribution in [3.8, 4) is 0 Å². The number of carbonyl (C=O) groups excluding carboxylic acids is 2. The second-order valence-corrected chi connectivity index (χ2v) is 5.40. The molecule has 1 heterocycles. The maximum atomic E-state index is 12.0. The van der Waals surface area contributed by atoms with Crippen LogP contribution < -0.4 is 0 Å². The van der Waals surface area contributed by atoms with Crippen LogP contribution in [-0.2, 0) is 14.3 Å². The first-order chi connectivity index (χ1) is 9.51. The number of β-lactam (4-membered cyclic amide) rings is 1. The summed E-state index contributed by atoms with van der Waals surface area (Å²) in [5, 5.41) is 0. The molecule has 1 aliphatic rings. The first-order valence-electron chi connectivity index (χ1n) is 6.57. The predicted molar refractivity (Wildman–Crippen MR) is 77.1 cm³/mol. The van der Waals surface area contributed by atoms with Crippen LogP contribution in [0.1, 0.15) is 19.4 Å². The van der Waals surface area contributed by atoms with Crippen LogP contribution in [0.4, 0.5) is 0 Å². The molecular weight excluding hydrogens is 254 g/mol. The normalized spacial score (nSPS) is 22.9. The van der Waals surface area contributed by atoms with Crippen molar-refractivity contribution in [1.82, 2.24) is 4.90 Å². The molecule has 0 saturated carbocycles. The second kappa shape index (κ2) is 5.59. The third kappa shape index (κ3) is 2.51. The molecular formula is C16H19NO3. The Balaban J connectivity index is 2.21. The van der Waals surface area contributed by atoms with Gasteiger partial charge in [0.1, 0.15) is 6.29 Å². The molecule has 1 amide bonds. The van der Waals surface area contributed by atoms with Crippen LogP contribution in [0.15, 0.2) is 36.4 Å². The van der Waals surface area contributed by atoms with Gasteiger partial charge in [-0.1, -0.05) is 42.5 Å². The first-order valence-corrected chi connectivity index (χ1v) is 6.57. The lowest BCUT2D eigenvalue weighted by atomic mass is 9.89. The molecule has 1 saturated heterocycles. The van der Waals surface area contributed by atoms with Gasteiger partial charge in [-0.05, 0) is 19.4 Å². The quantitative estimate of drug-likeness (QED) is 0.608. The van der Waals surface area contributed by atoms with Gasteiger partial charge in [-0.25, -0.2) is 0 Å². The minimum atomic E-state index is -0.822. The first kappa shape index (κ1) is 14.5. The van der Waals surface area contributed by atoms with Crippen molar-refractivity contribution >= 4 is 18.3 Å². The summed E-state index contributed by atoms with van der Waals surface area (Å²) >= 11 is 0. The lowest BCUT2D eigenvalue weighted by Crippen LogP contribution is -2.71. The van der Waals surface area contributed by atoms with Crippen LogP contribution >= 0.6 is 0 Å². The zero-order valence-corrected chi connectivity index (χ0v) is 11.9. The molecule has 4 nitrogen and oxygen atoms in total. The van der Waals surface area contributed by atoms with Gasteiger partial charge < -0.3 is 14.4 Å². The molecule has 20 heavy (non-hydrogen) atoms. The van der Waals surface area contributed by atoms with E-state index in [2.05, 4.69) is 0 Å². The fourth-order valence-corrected chi connectivity index (χ4v) is 2.41. The fourth-order valence-electron chi connectivity index (χ4n) is 2.41. The van der Waals surface area contributed by atoms with Crippen molar-refractivity contribution < 1.29 is 14.3 Å². The fraction of sp³-hybridized carbons (Fsp3) is 0.375. The number of amides is 1. The van der Waals surface area contributed by atoms with Gasteiger partial charge in [0, 0.05) is 7.11 Å². The zero-order chi connectivity index (χ0) is 14.8. The van der Waals surface area contributed by atoms with Gasteiger partial charge in [-0.15, -0.1) is 0 Å². The molecule has 0 unspecified atom stereocenters. The molecule has 0 N–H and O–H groups in total. The molecule has 1 aromatic rings. The highest BCUT2D eigenvalue weighted by molar-refractivity contribution is 5.93. The number of carbonyl (C=O) groups is 2. The topological polar surface area (TPSA) is 46.6 Å². The third-order valence-electron chi connectivity index (χ3n) is 3.54. The van der Waals surface area contributed by atoms with Gasteiger partial charge in [-0.2, -0.15) is 0 Å². The summed E-state index contributed by atoms with van der Waals surface area (Å²) in [4.78, 5) is 24.8. The third-order valence-corrected chi connectivity index (χ3v) is 3.54. The summed E-state index contributed by atoms with van der Waals surface area (Å²) in [5.74, 6) is -0.146. The molecule has 1 aliphatic heterocycles. The van der Waals surface area contributed by atoms with Crippen molar-refractivity contribution in [3.05, 3.63) is 42.0 Å². The summed E-state index contributed by atoms with van der Waals surface area (Å²) < 4.78 is 5.21. The van der Waals surface area contributed by atoms with E-state index in [0.29, 0.717) is 0 Å². The van der Waals surface area contributed by atoms with Crippen molar-refractivity contribution in [2.24, 2.45) is 0 Å². The number of hydrogen-bond acceptors (Lipinski definition) is 3. The Morgan fingerprint density at radius 1 is 1.25 bits per heavy atom. The number of nitrogens with zero attached hydrogens (tertiary/aromatic N) is 1. The van der Waals surface area contributed by atoms with Crippen LogP contribution in [0.2, 0.25) is 0 Å². The maximum absolute atomic E-state index is 12.0. The van der Waals surface area contributed by atoms with E-state index < -0.39 is 11.6 Å². The van der Waals surface area contributed by atoms with Gasteiger partial charge >= 0.3 is 0 Å². The van der Waals surface area contributed by atoms with Crippen molar-refractivity contribution in [2.45, 2.75) is 31.5 Å². The molecule has 106 valence electrons. The summed E-state index contributed by atoms with van der Waals surface area (Å²) in [6.45, 7) is 3.46. The Hall–Kier alpha value is -1.94. The average Bonchev–Trinajstić information content (AvgIpc) is 2.44. The maximum Gasteiger partial charge on any atom is 0.255 e. The number of rotatable bonds is 5. The second-order valence-electron chi connectivity index (χ2n) is 5.40. The molecule has 0 spiro atoms. The van der Waals surface area contributed by atoms with Gasteiger partial charge in [0.05, 0.1) is 11.6 Å². The lowest BCUT2D eigenvalue weighted by Gasteiger charge is -2.51. The minimum Gasteiger partial charge on any atom is -0.369 e. The van der Waals surface area contributed by atoms with Gasteiger partial charge in [0.25, 0.3) is 5.91 Å². The average molecular weight is 273 g/mol. The standard InChI is InChI=1S/C16H19NO3/c1-16(2,11-18)17-13(14(20-3)15(17)19)10-9-12-7-5-4-6-8-12/h4-11,13-14H,1-3H3/b10-9+/t13-,14+/m1/s1. The van der Waals surface area contributed by atoms with Crippen molar-refractivity contribution in [1.29, 1.82) is 0 Å². The van der Waals surface area contributed by atoms with Crippen molar-refractivity contribution in [3.63, 3.8) is 0 Å². The van der Waals surface area contributed by atoms with Crippen LogP contribution in [0, 0.1) is 0 Å². The van der Waals surface area contributed by atoms with Gasteiger partial charge in [-0.3, -0.25) is 4.79 Å². The highest BCUT2D eigenvalue weighted by Gasteiger charge is 2.52. The Labute approximate surface area is 119 Å². The van der Waals surface area contributed by atoms with E-state index in [-0.39, 0.29) is 11.9 Å². The summed E-state index contributed by atoms with van der Waals surface area (Å²) in [6, 6.07) is 9.60. The Morgan fingerprint density at radius 3 is 2.45 bits per heavy atom. The molecule has 0 radical (unpaired) electrons. The highest BCUT2D eigenvalue weighted by atomic mass is 16.5. The number of ether oxygens (including phenoxy) is 1. The number of benzene rings is 1. The smallest absolute Gasteiger partial charge is 0.255 e. The van der Waals surface area contributed by atoms with E-state index in [1.807, 2.05) is 42.5 Å². The van der Waals surface area contributed by atoms with Crippen LogP contribution in [0.3, 0.4) is 0 Å². The molecule has 1 fully saturated rings. The van der Waals surface area contributed by atoms with Crippen LogP contribution in [0.5, 0.6) is 0 Å². The number of likely N-dealkylation sites (tertiary alicyclic amines) is 1. The number of aldehydes is 1. The van der Waals surface area contributed by atoms with Gasteiger partial charge in [0.15, 0.2) is 6.10 Å². The zero-order valence-electron chi connectivity index (χ0n) is 11.9. The molecule has 4 heteroatoms. The predicted octanol–water partition coefficient (Wildman–Crippen LogP) is 1.90. The van der Waals surface area contributed by atoms with E-state index >= 15 is 0 Å². The lowest BCUT2D eigenvalue weighted by molar-refractivity contribution is -0.177.